The molecule has 6 aromatic rings. The van der Waals surface area contributed by atoms with Crippen LogP contribution in [0.1, 0.15) is 19.8 Å². The molecule has 0 aliphatic rings. The number of carbonyl (C=O) groups is 1. The standard InChI is InChI=1S/C25H28O2P.C18H15P.HI/c1-21(20-25(26)27-2)18-19-28(22-12-6-3-7-13-22,23-14-8-4-9-15-23)24-16-10-5-11-17-24;1-4-10-16(11-5-1)19(17-12-6-2-7-13-17)18-14-8-3-9-15-18;/h3-17,21H,18-20H2,1-2H3;1-15H;1H/q+1;;/p-1. The van der Waals surface area contributed by atoms with E-state index in [1.807, 2.05) is 0 Å². The predicted molar refractivity (Wildman–Crippen MR) is 206 cm³/mol. The molecule has 0 bridgehead atoms. The van der Waals surface area contributed by atoms with E-state index in [0.29, 0.717) is 6.42 Å². The summed E-state index contributed by atoms with van der Waals surface area (Å²) in [4.78, 5) is 11.7. The lowest BCUT2D eigenvalue weighted by Crippen LogP contribution is -3.00. The summed E-state index contributed by atoms with van der Waals surface area (Å²) in [5, 5.41) is 8.35. The average molecular weight is 781 g/mol. The molecule has 244 valence electrons. The Labute approximate surface area is 305 Å². The van der Waals surface area contributed by atoms with Crippen LogP contribution in [-0.4, -0.2) is 19.2 Å². The minimum absolute atomic E-state index is 0. The number of halogens is 1. The molecule has 6 rings (SSSR count). The van der Waals surface area contributed by atoms with Crippen LogP contribution in [0.3, 0.4) is 0 Å². The van der Waals surface area contributed by atoms with E-state index in [1.54, 1.807) is 0 Å². The number of esters is 1. The van der Waals surface area contributed by atoms with E-state index >= 15 is 0 Å². The van der Waals surface area contributed by atoms with Gasteiger partial charge in [0.05, 0.1) is 13.3 Å². The van der Waals surface area contributed by atoms with Crippen molar-refractivity contribution in [3.8, 4) is 0 Å². The van der Waals surface area contributed by atoms with Crippen molar-refractivity contribution in [3.63, 3.8) is 0 Å². The Morgan fingerprint density at radius 2 is 0.833 bits per heavy atom. The van der Waals surface area contributed by atoms with Gasteiger partial charge in [-0.3, -0.25) is 4.79 Å². The first-order valence-electron chi connectivity index (χ1n) is 16.2. The molecule has 0 spiro atoms. The summed E-state index contributed by atoms with van der Waals surface area (Å²) >= 11 is 0. The van der Waals surface area contributed by atoms with E-state index in [9.17, 15) is 4.79 Å². The maximum atomic E-state index is 11.7. The van der Waals surface area contributed by atoms with E-state index in [-0.39, 0.29) is 35.9 Å². The maximum absolute atomic E-state index is 11.7. The largest absolute Gasteiger partial charge is 1.00 e. The first-order valence-corrected chi connectivity index (χ1v) is 19.5. The lowest BCUT2D eigenvalue weighted by molar-refractivity contribution is -0.141. The molecule has 5 heteroatoms. The van der Waals surface area contributed by atoms with E-state index < -0.39 is 15.2 Å². The van der Waals surface area contributed by atoms with Gasteiger partial charge in [-0.15, -0.1) is 0 Å². The molecule has 0 fully saturated rings. The molecule has 0 heterocycles. The van der Waals surface area contributed by atoms with Crippen molar-refractivity contribution in [2.75, 3.05) is 13.3 Å². The van der Waals surface area contributed by atoms with Gasteiger partial charge >= 0.3 is 5.97 Å². The summed E-state index contributed by atoms with van der Waals surface area (Å²) in [6, 6.07) is 64.9. The number of ether oxygens (including phenoxy) is 1. The van der Waals surface area contributed by atoms with E-state index in [2.05, 4.69) is 189 Å². The van der Waals surface area contributed by atoms with E-state index in [4.69, 9.17) is 4.74 Å². The maximum Gasteiger partial charge on any atom is 0.305 e. The number of methoxy groups -OCH3 is 1. The van der Waals surface area contributed by atoms with Crippen LogP contribution in [0.25, 0.3) is 0 Å². The molecular formula is C43H43IO2P2. The summed E-state index contributed by atoms with van der Waals surface area (Å²) in [5.74, 6) is 0.151. The summed E-state index contributed by atoms with van der Waals surface area (Å²) < 4.78 is 4.88. The summed E-state index contributed by atoms with van der Waals surface area (Å²) in [6.45, 7) is 2.15. The molecule has 0 saturated heterocycles. The molecule has 0 radical (unpaired) electrons. The van der Waals surface area contributed by atoms with Gasteiger partial charge < -0.3 is 28.7 Å². The number of rotatable bonds is 11. The lowest BCUT2D eigenvalue weighted by Gasteiger charge is -2.28. The first-order chi connectivity index (χ1) is 23.1. The smallest absolute Gasteiger partial charge is 0.305 e. The van der Waals surface area contributed by atoms with Crippen LogP contribution in [0.15, 0.2) is 182 Å². The van der Waals surface area contributed by atoms with Crippen LogP contribution >= 0.6 is 15.2 Å². The fourth-order valence-corrected chi connectivity index (χ4v) is 12.8. The fraction of sp³-hybridized carbons (Fsp3) is 0.140. The van der Waals surface area contributed by atoms with Gasteiger partial charge in [0.1, 0.15) is 23.2 Å². The van der Waals surface area contributed by atoms with Crippen LogP contribution in [0.5, 0.6) is 0 Å². The van der Waals surface area contributed by atoms with Crippen molar-refractivity contribution in [2.45, 2.75) is 19.8 Å². The topological polar surface area (TPSA) is 26.3 Å². The van der Waals surface area contributed by atoms with Gasteiger partial charge in [0.2, 0.25) is 0 Å². The minimum atomic E-state index is -1.81. The van der Waals surface area contributed by atoms with Crippen molar-refractivity contribution >= 4 is 53.0 Å². The first kappa shape index (κ1) is 37.2. The third-order valence-corrected chi connectivity index (χ3v) is 15.2. The second-order valence-corrected chi connectivity index (χ2v) is 17.4. The van der Waals surface area contributed by atoms with Crippen molar-refractivity contribution < 1.29 is 33.5 Å². The molecule has 0 aliphatic heterocycles. The second kappa shape index (κ2) is 19.4. The Morgan fingerprint density at radius 3 is 1.12 bits per heavy atom. The van der Waals surface area contributed by atoms with Crippen LogP contribution in [0.2, 0.25) is 0 Å². The minimum Gasteiger partial charge on any atom is -1.00 e. The molecule has 0 aliphatic carbocycles. The summed E-state index contributed by atoms with van der Waals surface area (Å²) in [5.41, 5.74) is 0. The summed E-state index contributed by atoms with van der Waals surface area (Å²) in [7, 11) is -0.795. The van der Waals surface area contributed by atoms with Gasteiger partial charge in [-0.25, -0.2) is 0 Å². The number of hydrogen-bond acceptors (Lipinski definition) is 2. The highest BCUT2D eigenvalue weighted by Crippen LogP contribution is 2.56. The van der Waals surface area contributed by atoms with Crippen LogP contribution < -0.4 is 55.8 Å². The Bertz CT molecular complexity index is 1560. The molecule has 0 aromatic heterocycles. The summed E-state index contributed by atoms with van der Waals surface area (Å²) in [6.07, 6.45) is 2.47. The fourth-order valence-electron chi connectivity index (χ4n) is 5.94. The zero-order chi connectivity index (χ0) is 32.7. The van der Waals surface area contributed by atoms with Crippen molar-refractivity contribution in [3.05, 3.63) is 182 Å². The Hall–Kier alpha value is -3.62. The van der Waals surface area contributed by atoms with E-state index in [0.717, 1.165) is 12.6 Å². The number of hydrogen-bond donors (Lipinski definition) is 0. The third kappa shape index (κ3) is 9.73. The predicted octanol–water partition coefficient (Wildman–Crippen LogP) is 5.02. The molecule has 6 aromatic carbocycles. The van der Waals surface area contributed by atoms with Gasteiger partial charge in [-0.2, -0.15) is 0 Å². The molecule has 0 saturated carbocycles. The SMILES string of the molecule is COC(=O)CC(C)CC[P+](c1ccccc1)(c1ccccc1)c1ccccc1.[I-].c1ccc(P(c2ccccc2)c2ccccc2)cc1. The van der Waals surface area contributed by atoms with Gasteiger partial charge in [0.15, 0.2) is 0 Å². The third-order valence-electron chi connectivity index (χ3n) is 8.33. The lowest BCUT2D eigenvalue weighted by atomic mass is 10.1. The molecule has 1 atom stereocenters. The van der Waals surface area contributed by atoms with E-state index in [1.165, 1.54) is 38.9 Å². The van der Waals surface area contributed by atoms with Gasteiger partial charge in [-0.1, -0.05) is 153 Å². The van der Waals surface area contributed by atoms with Crippen LogP contribution in [-0.2, 0) is 9.53 Å². The quantitative estimate of drug-likeness (QED) is 0.105. The number of carbonyl (C=O) groups excluding carboxylic acids is 1. The highest BCUT2D eigenvalue weighted by Gasteiger charge is 2.45. The highest BCUT2D eigenvalue weighted by molar-refractivity contribution is 7.95. The second-order valence-electron chi connectivity index (χ2n) is 11.6. The molecule has 1 unspecified atom stereocenters. The zero-order valence-corrected chi connectivity index (χ0v) is 31.6. The van der Waals surface area contributed by atoms with Crippen LogP contribution in [0.4, 0.5) is 0 Å². The highest BCUT2D eigenvalue weighted by atomic mass is 127. The van der Waals surface area contributed by atoms with Crippen molar-refractivity contribution in [1.29, 1.82) is 0 Å². The molecular weight excluding hydrogens is 737 g/mol. The van der Waals surface area contributed by atoms with Gasteiger partial charge in [0.25, 0.3) is 0 Å². The normalized spacial score (nSPS) is 11.4. The Morgan fingerprint density at radius 1 is 0.542 bits per heavy atom. The molecule has 0 amide bonds. The average Bonchev–Trinajstić information content (AvgIpc) is 3.15. The van der Waals surface area contributed by atoms with Crippen molar-refractivity contribution in [1.82, 2.24) is 0 Å². The Kier molecular flexibility index (Phi) is 15.0. The van der Waals surface area contributed by atoms with Crippen molar-refractivity contribution in [2.24, 2.45) is 5.92 Å². The van der Waals surface area contributed by atoms with Gasteiger partial charge in [0, 0.05) is 6.42 Å². The molecule has 2 nitrogen and oxygen atoms in total. The zero-order valence-electron chi connectivity index (χ0n) is 27.6. The van der Waals surface area contributed by atoms with Crippen LogP contribution in [0, 0.1) is 5.92 Å². The molecule has 0 N–H and O–H groups in total. The molecule has 48 heavy (non-hydrogen) atoms. The van der Waals surface area contributed by atoms with Gasteiger partial charge in [-0.05, 0) is 72.6 Å². The monoisotopic (exact) mass is 780 g/mol. The Balaban J connectivity index is 0.000000227. The number of benzene rings is 6.